The molecule has 0 atom stereocenters. The summed E-state index contributed by atoms with van der Waals surface area (Å²) in [6.45, 7) is 2.15. The van der Waals surface area contributed by atoms with Crippen molar-refractivity contribution in [1.29, 1.82) is 5.26 Å². The topological polar surface area (TPSA) is 44.1 Å². The monoisotopic (exact) mass is 152 g/mol. The minimum absolute atomic E-state index is 0.110. The number of rotatable bonds is 2. The number of hydrogen-bond acceptors (Lipinski definition) is 2. The number of amides is 1. The third-order valence-electron chi connectivity index (χ3n) is 2.17. The Morgan fingerprint density at radius 2 is 2.27 bits per heavy atom. The summed E-state index contributed by atoms with van der Waals surface area (Å²) in [6.07, 6.45) is 1.95. The van der Waals surface area contributed by atoms with Crippen molar-refractivity contribution < 1.29 is 4.79 Å². The first-order chi connectivity index (χ1) is 5.10. The van der Waals surface area contributed by atoms with Crippen molar-refractivity contribution in [2.24, 2.45) is 5.41 Å². The van der Waals surface area contributed by atoms with E-state index < -0.39 is 0 Å². The Morgan fingerprint density at radius 3 is 2.64 bits per heavy atom. The fraction of sp³-hybridized carbons (Fsp3) is 0.750. The van der Waals surface area contributed by atoms with Crippen molar-refractivity contribution in [2.75, 3.05) is 13.6 Å². The smallest absolute Gasteiger partial charge is 0.229 e. The maximum atomic E-state index is 11.4. The van der Waals surface area contributed by atoms with Crippen LogP contribution in [0.2, 0.25) is 0 Å². The summed E-state index contributed by atoms with van der Waals surface area (Å²) in [6, 6.07) is 1.95. The number of carbonyl (C=O) groups is 1. The molecule has 0 aromatic rings. The summed E-state index contributed by atoms with van der Waals surface area (Å²) < 4.78 is 0. The first-order valence-corrected chi connectivity index (χ1v) is 3.73. The second kappa shape index (κ2) is 2.54. The zero-order valence-electron chi connectivity index (χ0n) is 6.92. The fourth-order valence-electron chi connectivity index (χ4n) is 1.04. The summed E-state index contributed by atoms with van der Waals surface area (Å²) in [5.74, 6) is 0.110. The average molecular weight is 152 g/mol. The molecule has 1 saturated carbocycles. The van der Waals surface area contributed by atoms with Gasteiger partial charge in [-0.25, -0.2) is 0 Å². The Morgan fingerprint density at radius 1 is 1.73 bits per heavy atom. The van der Waals surface area contributed by atoms with Gasteiger partial charge in [0.15, 0.2) is 0 Å². The molecule has 1 amide bonds. The predicted molar refractivity (Wildman–Crippen MR) is 40.6 cm³/mol. The Bertz CT molecular complexity index is 213. The molecule has 1 aliphatic carbocycles. The van der Waals surface area contributed by atoms with Gasteiger partial charge in [0, 0.05) is 12.5 Å². The van der Waals surface area contributed by atoms with Gasteiger partial charge in [0.1, 0.15) is 6.54 Å². The van der Waals surface area contributed by atoms with Crippen LogP contribution < -0.4 is 0 Å². The predicted octanol–water partition coefficient (Wildman–Crippen LogP) is 0.768. The molecule has 0 saturated heterocycles. The zero-order chi connectivity index (χ0) is 8.48. The van der Waals surface area contributed by atoms with Crippen molar-refractivity contribution >= 4 is 5.91 Å². The molecule has 1 rings (SSSR count). The second-order valence-electron chi connectivity index (χ2n) is 3.38. The molecule has 0 N–H and O–H groups in total. The first-order valence-electron chi connectivity index (χ1n) is 3.73. The minimum atomic E-state index is -0.133. The van der Waals surface area contributed by atoms with Crippen LogP contribution in [0.1, 0.15) is 19.8 Å². The fourth-order valence-corrected chi connectivity index (χ4v) is 1.04. The molecule has 3 nitrogen and oxygen atoms in total. The molecule has 0 aliphatic heterocycles. The number of nitrogens with zero attached hydrogens (tertiary/aromatic N) is 2. The van der Waals surface area contributed by atoms with E-state index in [-0.39, 0.29) is 17.9 Å². The quantitative estimate of drug-likeness (QED) is 0.548. The van der Waals surface area contributed by atoms with Crippen LogP contribution in [0.15, 0.2) is 0 Å². The van der Waals surface area contributed by atoms with Crippen LogP contribution in [0, 0.1) is 16.7 Å². The van der Waals surface area contributed by atoms with Crippen molar-refractivity contribution in [2.45, 2.75) is 19.8 Å². The van der Waals surface area contributed by atoms with Gasteiger partial charge in [-0.2, -0.15) is 5.26 Å². The molecule has 0 aromatic carbocycles. The molecule has 60 valence electrons. The molecule has 1 fully saturated rings. The van der Waals surface area contributed by atoms with E-state index in [1.54, 1.807) is 7.05 Å². The third kappa shape index (κ3) is 1.51. The Labute approximate surface area is 66.6 Å². The lowest BCUT2D eigenvalue weighted by atomic mass is 10.1. The minimum Gasteiger partial charge on any atom is -0.332 e. The van der Waals surface area contributed by atoms with Gasteiger partial charge in [0.05, 0.1) is 6.07 Å². The Balaban J connectivity index is 2.48. The lowest BCUT2D eigenvalue weighted by Crippen LogP contribution is -2.32. The van der Waals surface area contributed by atoms with Crippen LogP contribution in [0.25, 0.3) is 0 Å². The van der Waals surface area contributed by atoms with Crippen molar-refractivity contribution in [3.05, 3.63) is 0 Å². The number of nitriles is 1. The molecule has 0 aromatic heterocycles. The van der Waals surface area contributed by atoms with Gasteiger partial charge in [-0.3, -0.25) is 4.79 Å². The maximum Gasteiger partial charge on any atom is 0.229 e. The van der Waals surface area contributed by atoms with Crippen LogP contribution in [0.4, 0.5) is 0 Å². The van der Waals surface area contributed by atoms with Gasteiger partial charge in [-0.05, 0) is 12.8 Å². The summed E-state index contributed by atoms with van der Waals surface area (Å²) in [5, 5.41) is 8.33. The van der Waals surface area contributed by atoms with Crippen LogP contribution in [0.3, 0.4) is 0 Å². The van der Waals surface area contributed by atoms with E-state index in [0.29, 0.717) is 0 Å². The van der Waals surface area contributed by atoms with Crippen LogP contribution in [-0.2, 0) is 4.79 Å². The van der Waals surface area contributed by atoms with E-state index in [1.165, 1.54) is 4.90 Å². The van der Waals surface area contributed by atoms with Gasteiger partial charge in [0.2, 0.25) is 5.91 Å². The molecule has 0 spiro atoms. The highest BCUT2D eigenvalue weighted by molar-refractivity contribution is 5.84. The highest BCUT2D eigenvalue weighted by Crippen LogP contribution is 2.46. The molecule has 0 heterocycles. The summed E-state index contributed by atoms with van der Waals surface area (Å²) >= 11 is 0. The molecule has 0 radical (unpaired) electrons. The largest absolute Gasteiger partial charge is 0.332 e. The second-order valence-corrected chi connectivity index (χ2v) is 3.38. The maximum absolute atomic E-state index is 11.4. The van der Waals surface area contributed by atoms with Gasteiger partial charge < -0.3 is 4.90 Å². The average Bonchev–Trinajstić information content (AvgIpc) is 2.68. The number of carbonyl (C=O) groups excluding carboxylic acids is 1. The first kappa shape index (κ1) is 8.06. The van der Waals surface area contributed by atoms with Crippen LogP contribution in [0.5, 0.6) is 0 Å². The van der Waals surface area contributed by atoms with Gasteiger partial charge >= 0.3 is 0 Å². The Kier molecular flexibility index (Phi) is 1.86. The highest BCUT2D eigenvalue weighted by Gasteiger charge is 2.46. The van der Waals surface area contributed by atoms with Gasteiger partial charge in [-0.1, -0.05) is 6.92 Å². The van der Waals surface area contributed by atoms with Gasteiger partial charge in [-0.15, -0.1) is 0 Å². The zero-order valence-corrected chi connectivity index (χ0v) is 6.92. The molecule has 11 heavy (non-hydrogen) atoms. The van der Waals surface area contributed by atoms with Crippen molar-refractivity contribution in [1.82, 2.24) is 4.90 Å². The van der Waals surface area contributed by atoms with E-state index in [9.17, 15) is 4.79 Å². The third-order valence-corrected chi connectivity index (χ3v) is 2.17. The Hall–Kier alpha value is -1.04. The highest BCUT2D eigenvalue weighted by atomic mass is 16.2. The van der Waals surface area contributed by atoms with Crippen LogP contribution in [-0.4, -0.2) is 24.4 Å². The standard InChI is InChI=1S/C8H12N2O/c1-8(3-4-8)7(11)10(2)6-5-9/h3-4,6H2,1-2H3. The van der Waals surface area contributed by atoms with E-state index >= 15 is 0 Å². The molecule has 1 aliphatic rings. The molecule has 0 bridgehead atoms. The number of hydrogen-bond donors (Lipinski definition) is 0. The van der Waals surface area contributed by atoms with Crippen molar-refractivity contribution in [3.8, 4) is 6.07 Å². The van der Waals surface area contributed by atoms with E-state index in [4.69, 9.17) is 5.26 Å². The molecular weight excluding hydrogens is 140 g/mol. The SMILES string of the molecule is CN(CC#N)C(=O)C1(C)CC1. The normalized spacial score (nSPS) is 18.6. The summed E-state index contributed by atoms with van der Waals surface area (Å²) in [4.78, 5) is 12.9. The lowest BCUT2D eigenvalue weighted by Gasteiger charge is -2.17. The lowest BCUT2D eigenvalue weighted by molar-refractivity contribution is -0.134. The van der Waals surface area contributed by atoms with E-state index in [1.807, 2.05) is 13.0 Å². The molecule has 3 heteroatoms. The summed E-state index contributed by atoms with van der Waals surface area (Å²) in [7, 11) is 1.68. The van der Waals surface area contributed by atoms with E-state index in [2.05, 4.69) is 0 Å². The van der Waals surface area contributed by atoms with Crippen LogP contribution >= 0.6 is 0 Å². The van der Waals surface area contributed by atoms with E-state index in [0.717, 1.165) is 12.8 Å². The van der Waals surface area contributed by atoms with Crippen molar-refractivity contribution in [3.63, 3.8) is 0 Å². The summed E-state index contributed by atoms with van der Waals surface area (Å²) in [5.41, 5.74) is -0.133. The molecular formula is C8H12N2O. The van der Waals surface area contributed by atoms with Gasteiger partial charge in [0.25, 0.3) is 0 Å². The molecule has 0 unspecified atom stereocenters.